The van der Waals surface area contributed by atoms with Crippen molar-refractivity contribution in [2.45, 2.75) is 51.9 Å². The Balaban J connectivity index is 1.51. The van der Waals surface area contributed by atoms with Gasteiger partial charge in [-0.1, -0.05) is 72.8 Å². The number of hydrogen-bond donors (Lipinski definition) is 5. The monoisotopic (exact) mass is 516 g/mol. The Labute approximate surface area is 226 Å². The number of phenols is 1. The molecule has 0 bridgehead atoms. The Hall–Kier alpha value is -3.45. The van der Waals surface area contributed by atoms with E-state index in [1.165, 1.54) is 0 Å². The molecular weight excluding hydrogens is 476 g/mol. The molecule has 0 aliphatic rings. The summed E-state index contributed by atoms with van der Waals surface area (Å²) in [4.78, 5) is 13.0. The van der Waals surface area contributed by atoms with Gasteiger partial charge in [-0.25, -0.2) is 0 Å². The Morgan fingerprint density at radius 1 is 0.921 bits per heavy atom. The van der Waals surface area contributed by atoms with Gasteiger partial charge >= 0.3 is 0 Å². The lowest BCUT2D eigenvalue weighted by atomic mass is 9.92. The molecule has 0 saturated carbocycles. The number of nitrogens with one attached hydrogen (secondary N) is 2. The van der Waals surface area contributed by atoms with Crippen molar-refractivity contribution in [3.63, 3.8) is 0 Å². The summed E-state index contributed by atoms with van der Waals surface area (Å²) in [7, 11) is 0. The lowest BCUT2D eigenvalue weighted by molar-refractivity contribution is -0.127. The van der Waals surface area contributed by atoms with Gasteiger partial charge in [0, 0.05) is 19.6 Å². The summed E-state index contributed by atoms with van der Waals surface area (Å²) in [5, 5.41) is 37.3. The number of aliphatic hydroxyl groups is 2. The molecule has 0 aromatic heterocycles. The molecule has 0 aliphatic heterocycles. The molecule has 3 unspecified atom stereocenters. The molecule has 6 nitrogen and oxygen atoms in total. The molecule has 3 rings (SSSR count). The van der Waals surface area contributed by atoms with Gasteiger partial charge in [0.25, 0.3) is 0 Å². The van der Waals surface area contributed by atoms with E-state index >= 15 is 0 Å². The summed E-state index contributed by atoms with van der Waals surface area (Å²) in [6.45, 7) is 5.37. The largest absolute Gasteiger partial charge is 0.508 e. The van der Waals surface area contributed by atoms with Crippen LogP contribution in [-0.2, 0) is 24.2 Å². The van der Waals surface area contributed by atoms with Crippen LogP contribution in [-0.4, -0.2) is 46.5 Å². The number of carbonyl (C=O) groups is 1. The second-order valence-corrected chi connectivity index (χ2v) is 9.82. The van der Waals surface area contributed by atoms with Crippen molar-refractivity contribution in [2.75, 3.05) is 13.1 Å². The van der Waals surface area contributed by atoms with Gasteiger partial charge < -0.3 is 26.0 Å². The molecule has 3 aromatic carbocycles. The maximum Gasteiger partial charge on any atom is 0.226 e. The number of amides is 1. The molecule has 3 aromatic rings. The predicted molar refractivity (Wildman–Crippen MR) is 152 cm³/mol. The molecule has 3 atom stereocenters. The van der Waals surface area contributed by atoms with E-state index in [9.17, 15) is 20.1 Å². The second-order valence-electron chi connectivity index (χ2n) is 9.82. The quantitative estimate of drug-likeness (QED) is 0.209. The van der Waals surface area contributed by atoms with Crippen LogP contribution in [0.4, 0.5) is 0 Å². The first kappa shape index (κ1) is 29.1. The number of phenolic OH excluding ortho intramolecular Hbond substituents is 1. The highest BCUT2D eigenvalue weighted by atomic mass is 16.3. The molecule has 0 radical (unpaired) electrons. The maximum absolute atomic E-state index is 13.0. The molecule has 0 fully saturated rings. The standard InChI is InChI=1S/C32H40N2O4/c1-23-18-28(36)19-24(2)30(23)22-33-21-27(35)14-9-15-31(37)29(20-26-12-7-4-8-13-26)32(38)34-17-16-25-10-5-3-6-11-25/h3-13,15,18-19,27,29,31,33,35-37H,14,16-17,20-22H2,1-2H3,(H,34,38). The number of hydrogen-bond acceptors (Lipinski definition) is 5. The molecule has 0 heterocycles. The SMILES string of the molecule is Cc1cc(O)cc(C)c1CNCC(O)CC=CC(O)C(Cc1ccccc1)C(=O)NCCc1ccccc1. The van der Waals surface area contributed by atoms with Crippen molar-refractivity contribution >= 4 is 5.91 Å². The number of aromatic hydroxyl groups is 1. The minimum Gasteiger partial charge on any atom is -0.508 e. The first-order valence-corrected chi connectivity index (χ1v) is 13.2. The number of benzene rings is 3. The topological polar surface area (TPSA) is 102 Å². The Kier molecular flexibility index (Phi) is 11.6. The summed E-state index contributed by atoms with van der Waals surface area (Å²) >= 11 is 0. The molecule has 1 amide bonds. The first-order valence-electron chi connectivity index (χ1n) is 13.2. The highest BCUT2D eigenvalue weighted by Crippen LogP contribution is 2.20. The molecule has 0 aliphatic carbocycles. The average molecular weight is 517 g/mol. The number of aliphatic hydroxyl groups excluding tert-OH is 2. The van der Waals surface area contributed by atoms with Crippen molar-refractivity contribution in [1.82, 2.24) is 10.6 Å². The van der Waals surface area contributed by atoms with Crippen LogP contribution in [0, 0.1) is 19.8 Å². The highest BCUT2D eigenvalue weighted by molar-refractivity contribution is 5.79. The van der Waals surface area contributed by atoms with Gasteiger partial charge in [-0.15, -0.1) is 0 Å². The van der Waals surface area contributed by atoms with Crippen LogP contribution in [0.2, 0.25) is 0 Å². The Morgan fingerprint density at radius 2 is 1.53 bits per heavy atom. The lowest BCUT2D eigenvalue weighted by Gasteiger charge is -2.21. The van der Waals surface area contributed by atoms with Gasteiger partial charge in [-0.3, -0.25) is 4.79 Å². The third kappa shape index (κ3) is 9.45. The van der Waals surface area contributed by atoms with Crippen LogP contribution in [0.5, 0.6) is 5.75 Å². The van der Waals surface area contributed by atoms with Crippen LogP contribution >= 0.6 is 0 Å². The molecule has 5 N–H and O–H groups in total. The third-order valence-corrected chi connectivity index (χ3v) is 6.71. The summed E-state index contributed by atoms with van der Waals surface area (Å²) in [5.74, 6) is -0.577. The number of carbonyl (C=O) groups excluding carboxylic acids is 1. The van der Waals surface area contributed by atoms with Gasteiger partial charge in [-0.05, 0) is 73.1 Å². The summed E-state index contributed by atoms with van der Waals surface area (Å²) in [6.07, 6.45) is 3.23. The van der Waals surface area contributed by atoms with Crippen LogP contribution in [0.25, 0.3) is 0 Å². The second kappa shape index (κ2) is 15.1. The number of rotatable bonds is 14. The summed E-state index contributed by atoms with van der Waals surface area (Å²) in [5.41, 5.74) is 5.22. The van der Waals surface area contributed by atoms with E-state index in [1.54, 1.807) is 24.3 Å². The van der Waals surface area contributed by atoms with E-state index in [0.29, 0.717) is 32.5 Å². The molecule has 0 spiro atoms. The van der Waals surface area contributed by atoms with Crippen LogP contribution < -0.4 is 10.6 Å². The Bertz CT molecular complexity index is 1140. The zero-order chi connectivity index (χ0) is 27.3. The van der Waals surface area contributed by atoms with Gasteiger partial charge in [0.15, 0.2) is 0 Å². The van der Waals surface area contributed by atoms with Crippen LogP contribution in [0.15, 0.2) is 84.9 Å². The summed E-state index contributed by atoms with van der Waals surface area (Å²) < 4.78 is 0. The third-order valence-electron chi connectivity index (χ3n) is 6.71. The van der Waals surface area contributed by atoms with E-state index < -0.39 is 18.1 Å². The number of aryl methyl sites for hydroxylation is 2. The van der Waals surface area contributed by atoms with Crippen molar-refractivity contribution in [3.05, 3.63) is 113 Å². The maximum atomic E-state index is 13.0. The van der Waals surface area contributed by atoms with Gasteiger partial charge in [0.1, 0.15) is 5.75 Å². The highest BCUT2D eigenvalue weighted by Gasteiger charge is 2.25. The van der Waals surface area contributed by atoms with E-state index in [1.807, 2.05) is 74.5 Å². The van der Waals surface area contributed by atoms with Gasteiger partial charge in [-0.2, -0.15) is 0 Å². The average Bonchev–Trinajstić information content (AvgIpc) is 2.89. The smallest absolute Gasteiger partial charge is 0.226 e. The fourth-order valence-electron chi connectivity index (χ4n) is 4.55. The zero-order valence-electron chi connectivity index (χ0n) is 22.3. The molecule has 38 heavy (non-hydrogen) atoms. The van der Waals surface area contributed by atoms with Crippen LogP contribution in [0.3, 0.4) is 0 Å². The van der Waals surface area contributed by atoms with Crippen molar-refractivity contribution in [2.24, 2.45) is 5.92 Å². The first-order chi connectivity index (χ1) is 18.3. The van der Waals surface area contributed by atoms with Crippen molar-refractivity contribution in [1.29, 1.82) is 0 Å². The summed E-state index contributed by atoms with van der Waals surface area (Å²) in [6, 6.07) is 23.1. The van der Waals surface area contributed by atoms with Crippen molar-refractivity contribution in [3.8, 4) is 5.75 Å². The fraction of sp³-hybridized carbons (Fsp3) is 0.344. The van der Waals surface area contributed by atoms with Gasteiger partial charge in [0.2, 0.25) is 5.91 Å². The molecule has 6 heteroatoms. The minimum atomic E-state index is -0.977. The molecule has 0 saturated heterocycles. The molecule has 202 valence electrons. The zero-order valence-corrected chi connectivity index (χ0v) is 22.3. The van der Waals surface area contributed by atoms with E-state index in [4.69, 9.17) is 0 Å². The van der Waals surface area contributed by atoms with E-state index in [-0.39, 0.29) is 11.7 Å². The Morgan fingerprint density at radius 3 is 2.16 bits per heavy atom. The minimum absolute atomic E-state index is 0.191. The van der Waals surface area contributed by atoms with Crippen molar-refractivity contribution < 1.29 is 20.1 Å². The lowest BCUT2D eigenvalue weighted by Crippen LogP contribution is -2.39. The van der Waals surface area contributed by atoms with E-state index in [2.05, 4.69) is 10.6 Å². The van der Waals surface area contributed by atoms with Gasteiger partial charge in [0.05, 0.1) is 18.1 Å². The van der Waals surface area contributed by atoms with E-state index in [0.717, 1.165) is 34.2 Å². The fourth-order valence-corrected chi connectivity index (χ4v) is 4.55. The predicted octanol–water partition coefficient (Wildman–Crippen LogP) is 3.98. The van der Waals surface area contributed by atoms with Crippen LogP contribution in [0.1, 0.15) is 34.2 Å². The normalized spacial score (nSPS) is 13.8. The molecular formula is C32H40N2O4.